The molecule has 1 amide bonds. The number of nitrogens with one attached hydrogen (secondary N) is 1. The van der Waals surface area contributed by atoms with Crippen LogP contribution in [0.4, 0.5) is 0 Å². The molecular weight excluding hydrogens is 432 g/mol. The molecule has 1 aliphatic carbocycles. The molecule has 1 aliphatic rings. The fourth-order valence-electron chi connectivity index (χ4n) is 3.67. The number of rotatable bonds is 8. The first kappa shape index (κ1) is 21.7. The van der Waals surface area contributed by atoms with Crippen LogP contribution in [-0.2, 0) is 11.4 Å². The van der Waals surface area contributed by atoms with Crippen molar-refractivity contribution in [3.8, 4) is 11.4 Å². The average molecular weight is 457 g/mol. The minimum atomic E-state index is 0.0355. The lowest BCUT2D eigenvalue weighted by atomic mass is 9.95. The van der Waals surface area contributed by atoms with Gasteiger partial charge in [-0.15, -0.1) is 10.2 Å². The van der Waals surface area contributed by atoms with Crippen LogP contribution in [-0.4, -0.2) is 32.5 Å². The van der Waals surface area contributed by atoms with Crippen molar-refractivity contribution in [1.29, 1.82) is 0 Å². The molecule has 2 aromatic carbocycles. The summed E-state index contributed by atoms with van der Waals surface area (Å²) in [4.78, 5) is 12.5. The smallest absolute Gasteiger partial charge is 0.230 e. The molecule has 6 nitrogen and oxygen atoms in total. The molecule has 1 saturated carbocycles. The number of ether oxygens (including phenoxy) is 1. The molecule has 0 unspecified atom stereocenters. The summed E-state index contributed by atoms with van der Waals surface area (Å²) in [5, 5.41) is 13.0. The van der Waals surface area contributed by atoms with Gasteiger partial charge in [0.1, 0.15) is 12.4 Å². The lowest BCUT2D eigenvalue weighted by molar-refractivity contribution is -0.119. The number of aromatic nitrogens is 3. The molecule has 0 aliphatic heterocycles. The zero-order chi connectivity index (χ0) is 21.5. The zero-order valence-electron chi connectivity index (χ0n) is 17.2. The number of benzene rings is 2. The van der Waals surface area contributed by atoms with Gasteiger partial charge < -0.3 is 10.1 Å². The van der Waals surface area contributed by atoms with Gasteiger partial charge in [0.2, 0.25) is 5.91 Å². The Hall–Kier alpha value is -2.51. The number of halogens is 1. The van der Waals surface area contributed by atoms with Crippen molar-refractivity contribution >= 4 is 29.3 Å². The highest BCUT2D eigenvalue weighted by atomic mass is 35.5. The summed E-state index contributed by atoms with van der Waals surface area (Å²) in [6.45, 7) is 0.209. The third kappa shape index (κ3) is 5.80. The Morgan fingerprint density at radius 2 is 1.81 bits per heavy atom. The number of carbonyl (C=O) groups is 1. The van der Waals surface area contributed by atoms with Crippen molar-refractivity contribution in [1.82, 2.24) is 20.1 Å². The number of carbonyl (C=O) groups excluding carboxylic acids is 1. The van der Waals surface area contributed by atoms with E-state index in [0.717, 1.165) is 18.5 Å². The number of hydrogen-bond acceptors (Lipinski definition) is 5. The van der Waals surface area contributed by atoms with Crippen LogP contribution < -0.4 is 10.1 Å². The highest BCUT2D eigenvalue weighted by Gasteiger charge is 2.19. The molecule has 162 valence electrons. The summed E-state index contributed by atoms with van der Waals surface area (Å²) in [6, 6.07) is 17.5. The van der Waals surface area contributed by atoms with E-state index in [4.69, 9.17) is 16.3 Å². The molecule has 4 rings (SSSR count). The summed E-state index contributed by atoms with van der Waals surface area (Å²) in [7, 11) is 0. The van der Waals surface area contributed by atoms with Crippen LogP contribution >= 0.6 is 23.4 Å². The molecule has 1 fully saturated rings. The highest BCUT2D eigenvalue weighted by Crippen LogP contribution is 2.26. The maximum Gasteiger partial charge on any atom is 0.230 e. The molecule has 0 saturated heterocycles. The van der Waals surface area contributed by atoms with Crippen LogP contribution in [0.25, 0.3) is 5.69 Å². The Morgan fingerprint density at radius 3 is 2.58 bits per heavy atom. The van der Waals surface area contributed by atoms with Crippen molar-refractivity contribution in [3.05, 3.63) is 65.4 Å². The summed E-state index contributed by atoms with van der Waals surface area (Å²) in [6.07, 6.45) is 5.78. The van der Waals surface area contributed by atoms with E-state index >= 15 is 0 Å². The molecule has 3 aromatic rings. The molecule has 31 heavy (non-hydrogen) atoms. The Morgan fingerprint density at radius 1 is 1.06 bits per heavy atom. The van der Waals surface area contributed by atoms with E-state index in [0.29, 0.717) is 33.5 Å². The van der Waals surface area contributed by atoms with E-state index in [9.17, 15) is 4.79 Å². The minimum Gasteiger partial charge on any atom is -0.484 e. The summed E-state index contributed by atoms with van der Waals surface area (Å²) in [5.41, 5.74) is 0.917. The van der Waals surface area contributed by atoms with Crippen molar-refractivity contribution in [2.75, 3.05) is 5.75 Å². The first-order valence-corrected chi connectivity index (χ1v) is 11.9. The second-order valence-corrected chi connectivity index (χ2v) is 8.83. The lowest BCUT2D eigenvalue weighted by Gasteiger charge is -2.22. The number of amides is 1. The van der Waals surface area contributed by atoms with Crippen molar-refractivity contribution in [2.24, 2.45) is 0 Å². The van der Waals surface area contributed by atoms with Gasteiger partial charge in [-0.3, -0.25) is 9.36 Å². The van der Waals surface area contributed by atoms with Gasteiger partial charge in [-0.05, 0) is 37.1 Å². The molecule has 0 radical (unpaired) electrons. The van der Waals surface area contributed by atoms with E-state index in [1.807, 2.05) is 53.1 Å². The largest absolute Gasteiger partial charge is 0.484 e. The number of nitrogens with zero attached hydrogens (tertiary/aromatic N) is 3. The summed E-state index contributed by atoms with van der Waals surface area (Å²) >= 11 is 7.58. The third-order valence-corrected chi connectivity index (χ3v) is 6.45. The van der Waals surface area contributed by atoms with Crippen LogP contribution in [0.5, 0.6) is 5.75 Å². The van der Waals surface area contributed by atoms with Gasteiger partial charge in [0.25, 0.3) is 0 Å². The Labute approximate surface area is 191 Å². The van der Waals surface area contributed by atoms with Gasteiger partial charge in [0.05, 0.1) is 10.8 Å². The van der Waals surface area contributed by atoms with Crippen LogP contribution in [0.15, 0.2) is 59.8 Å². The topological polar surface area (TPSA) is 69.0 Å². The fourth-order valence-corrected chi connectivity index (χ4v) is 4.65. The normalized spacial score (nSPS) is 14.4. The fraction of sp³-hybridized carbons (Fsp3) is 0.348. The predicted molar refractivity (Wildman–Crippen MR) is 123 cm³/mol. The Balaban J connectivity index is 1.47. The van der Waals surface area contributed by atoms with Crippen molar-refractivity contribution in [3.63, 3.8) is 0 Å². The van der Waals surface area contributed by atoms with Gasteiger partial charge in [-0.1, -0.05) is 73.0 Å². The quantitative estimate of drug-likeness (QED) is 0.481. The molecular formula is C23H25ClN4O2S. The molecule has 0 atom stereocenters. The molecule has 0 spiro atoms. The Kier molecular flexibility index (Phi) is 7.48. The number of para-hydroxylation sites is 2. The van der Waals surface area contributed by atoms with E-state index in [-0.39, 0.29) is 12.5 Å². The van der Waals surface area contributed by atoms with Crippen molar-refractivity contribution in [2.45, 2.75) is 49.9 Å². The number of hydrogen-bond donors (Lipinski definition) is 1. The maximum atomic E-state index is 12.5. The Bertz CT molecular complexity index is 1010. The molecule has 8 heteroatoms. The van der Waals surface area contributed by atoms with E-state index in [1.54, 1.807) is 6.07 Å². The number of thioether (sulfide) groups is 1. The van der Waals surface area contributed by atoms with E-state index in [2.05, 4.69) is 15.5 Å². The molecule has 1 N–H and O–H groups in total. The molecule has 1 heterocycles. The SMILES string of the molecule is O=C(CSc1nnc(COc2ccccc2Cl)n1-c1ccccc1)NC1CCCCC1. The molecule has 1 aromatic heterocycles. The van der Waals surface area contributed by atoms with Gasteiger partial charge in [-0.25, -0.2) is 0 Å². The molecule has 0 bridgehead atoms. The summed E-state index contributed by atoms with van der Waals surface area (Å²) in [5.74, 6) is 1.56. The predicted octanol–water partition coefficient (Wildman–Crippen LogP) is 5.04. The lowest BCUT2D eigenvalue weighted by Crippen LogP contribution is -2.37. The minimum absolute atomic E-state index is 0.0355. The van der Waals surface area contributed by atoms with Crippen molar-refractivity contribution < 1.29 is 9.53 Å². The van der Waals surface area contributed by atoms with E-state index in [1.165, 1.54) is 31.0 Å². The van der Waals surface area contributed by atoms with Crippen LogP contribution in [0.3, 0.4) is 0 Å². The first-order valence-electron chi connectivity index (χ1n) is 10.5. The van der Waals surface area contributed by atoms with Crippen LogP contribution in [0.2, 0.25) is 5.02 Å². The van der Waals surface area contributed by atoms with Crippen LogP contribution in [0.1, 0.15) is 37.9 Å². The monoisotopic (exact) mass is 456 g/mol. The second-order valence-electron chi connectivity index (χ2n) is 7.48. The standard InChI is InChI=1S/C23H25ClN4O2S/c24-19-13-7-8-14-20(19)30-15-21-26-27-23(28(21)18-11-5-2-6-12-18)31-16-22(29)25-17-9-3-1-4-10-17/h2,5-8,11-14,17H,1,3-4,9-10,15-16H2,(H,25,29). The maximum absolute atomic E-state index is 12.5. The summed E-state index contributed by atoms with van der Waals surface area (Å²) < 4.78 is 7.81. The first-order chi connectivity index (χ1) is 15.2. The average Bonchev–Trinajstić information content (AvgIpc) is 3.21. The third-order valence-electron chi connectivity index (χ3n) is 5.21. The second kappa shape index (κ2) is 10.7. The zero-order valence-corrected chi connectivity index (χ0v) is 18.7. The van der Waals surface area contributed by atoms with Gasteiger partial charge >= 0.3 is 0 Å². The highest BCUT2D eigenvalue weighted by molar-refractivity contribution is 7.99. The van der Waals surface area contributed by atoms with E-state index < -0.39 is 0 Å². The van der Waals surface area contributed by atoms with Gasteiger partial charge in [-0.2, -0.15) is 0 Å². The van der Waals surface area contributed by atoms with Crippen LogP contribution in [0, 0.1) is 0 Å². The van der Waals surface area contributed by atoms with Gasteiger partial charge in [0.15, 0.2) is 11.0 Å². The van der Waals surface area contributed by atoms with Gasteiger partial charge in [0, 0.05) is 11.7 Å².